The van der Waals surface area contributed by atoms with Crippen LogP contribution < -0.4 is 10.6 Å². The molecule has 34 heavy (non-hydrogen) atoms. The fraction of sp³-hybridized carbons (Fsp3) is 0.120. The van der Waals surface area contributed by atoms with Crippen LogP contribution >= 0.6 is 0 Å². The number of hydrogen-bond acceptors (Lipinski definition) is 6. The summed E-state index contributed by atoms with van der Waals surface area (Å²) >= 11 is 0. The maximum atomic E-state index is 14.7. The van der Waals surface area contributed by atoms with Gasteiger partial charge in [-0.3, -0.25) is 4.98 Å². The fourth-order valence-corrected chi connectivity index (χ4v) is 4.93. The maximum Gasteiger partial charge on any atom is 0.269 e. The molecule has 0 radical (unpaired) electrons. The molecule has 2 N–H and O–H groups in total. The minimum atomic E-state index is -4.02. The van der Waals surface area contributed by atoms with Crippen LogP contribution in [0.15, 0.2) is 84.1 Å². The lowest BCUT2D eigenvalue weighted by molar-refractivity contribution is 0.587. The number of hydrogen-bond donors (Lipinski definition) is 2. The lowest BCUT2D eigenvalue weighted by Gasteiger charge is -2.13. The first-order chi connectivity index (χ1) is 16.4. The molecule has 0 fully saturated rings. The normalized spacial score (nSPS) is 11.1. The molecule has 4 aromatic rings. The predicted molar refractivity (Wildman–Crippen MR) is 129 cm³/mol. The first-order valence-corrected chi connectivity index (χ1v) is 12.0. The second-order valence-corrected chi connectivity index (χ2v) is 9.27. The van der Waals surface area contributed by atoms with Crippen molar-refractivity contribution in [1.82, 2.24) is 8.96 Å². The Balaban J connectivity index is 1.76. The summed E-state index contributed by atoms with van der Waals surface area (Å²) in [5.74, 6) is -0.529. The van der Waals surface area contributed by atoms with Crippen LogP contribution in [0.25, 0.3) is 11.3 Å². The topological polar surface area (TPSA) is 99.8 Å². The van der Waals surface area contributed by atoms with E-state index in [0.717, 1.165) is 9.66 Å². The van der Waals surface area contributed by atoms with Crippen LogP contribution in [-0.4, -0.2) is 23.9 Å². The van der Waals surface area contributed by atoms with E-state index < -0.39 is 15.8 Å². The van der Waals surface area contributed by atoms with Crippen molar-refractivity contribution < 1.29 is 12.8 Å². The van der Waals surface area contributed by atoms with Crippen LogP contribution in [0.5, 0.6) is 0 Å². The van der Waals surface area contributed by atoms with Crippen LogP contribution in [0.4, 0.5) is 15.8 Å². The van der Waals surface area contributed by atoms with E-state index >= 15 is 0 Å². The highest BCUT2D eigenvalue weighted by Gasteiger charge is 2.23. The van der Waals surface area contributed by atoms with Gasteiger partial charge < -0.3 is 10.6 Å². The summed E-state index contributed by atoms with van der Waals surface area (Å²) in [6.45, 7) is 2.91. The van der Waals surface area contributed by atoms with Crippen LogP contribution in [-0.2, 0) is 16.6 Å². The molecule has 0 bridgehead atoms. The summed E-state index contributed by atoms with van der Waals surface area (Å²) in [6, 6.07) is 18.0. The third-order valence-corrected chi connectivity index (χ3v) is 6.84. The van der Waals surface area contributed by atoms with E-state index in [1.807, 2.05) is 13.0 Å². The molecule has 9 heteroatoms. The molecule has 7 nitrogen and oxygen atoms in total. The van der Waals surface area contributed by atoms with Gasteiger partial charge in [-0.25, -0.2) is 16.8 Å². The molecule has 0 unspecified atom stereocenters. The number of nitriles is 1. The molecular weight excluding hydrogens is 453 g/mol. The van der Waals surface area contributed by atoms with Crippen molar-refractivity contribution in [3.05, 3.63) is 96.2 Å². The van der Waals surface area contributed by atoms with E-state index in [2.05, 4.69) is 21.7 Å². The van der Waals surface area contributed by atoms with Gasteiger partial charge in [0, 0.05) is 37.2 Å². The van der Waals surface area contributed by atoms with Gasteiger partial charge in [-0.15, -0.1) is 0 Å². The van der Waals surface area contributed by atoms with Gasteiger partial charge in [0.2, 0.25) is 0 Å². The second kappa shape index (κ2) is 9.77. The molecule has 2 heterocycles. The smallest absolute Gasteiger partial charge is 0.269 e. The number of halogens is 1. The molecule has 2 aromatic heterocycles. The highest BCUT2D eigenvalue weighted by molar-refractivity contribution is 7.90. The van der Waals surface area contributed by atoms with E-state index in [0.29, 0.717) is 23.4 Å². The zero-order chi connectivity index (χ0) is 24.1. The SMILES string of the molecule is CCNc1ccc(C#N)cc1NCc1cc(-c2ccccc2F)n(S(=O)(=O)c2cccnc2)c1. The number of aromatic nitrogens is 2. The van der Waals surface area contributed by atoms with Crippen molar-refractivity contribution in [3.63, 3.8) is 0 Å². The van der Waals surface area contributed by atoms with Gasteiger partial charge in [0.15, 0.2) is 0 Å². The predicted octanol–water partition coefficient (Wildman–Crippen LogP) is 4.84. The first kappa shape index (κ1) is 23.0. The van der Waals surface area contributed by atoms with Gasteiger partial charge >= 0.3 is 0 Å². The molecular formula is C25H22FN5O2S. The summed E-state index contributed by atoms with van der Waals surface area (Å²) in [5.41, 5.74) is 3.01. The lowest BCUT2D eigenvalue weighted by atomic mass is 10.1. The molecule has 0 saturated carbocycles. The Morgan fingerprint density at radius 1 is 1.06 bits per heavy atom. The largest absolute Gasteiger partial charge is 0.384 e. The van der Waals surface area contributed by atoms with Gasteiger partial charge in [0.05, 0.1) is 28.7 Å². The third-order valence-electron chi connectivity index (χ3n) is 5.18. The number of nitrogens with zero attached hydrogens (tertiary/aromatic N) is 3. The zero-order valence-electron chi connectivity index (χ0n) is 18.4. The molecule has 4 rings (SSSR count). The Labute approximate surface area is 197 Å². The zero-order valence-corrected chi connectivity index (χ0v) is 19.2. The number of rotatable bonds is 8. The Bertz CT molecular complexity index is 1460. The minimum absolute atomic E-state index is 0.00106. The average Bonchev–Trinajstić information content (AvgIpc) is 3.29. The molecule has 0 aliphatic heterocycles. The highest BCUT2D eigenvalue weighted by atomic mass is 32.2. The van der Waals surface area contributed by atoms with E-state index in [9.17, 15) is 18.1 Å². The second-order valence-electron chi connectivity index (χ2n) is 7.46. The number of pyridine rings is 1. The quantitative estimate of drug-likeness (QED) is 0.378. The fourth-order valence-electron chi connectivity index (χ4n) is 3.57. The molecule has 0 saturated heterocycles. The van der Waals surface area contributed by atoms with E-state index in [1.54, 1.807) is 30.3 Å². The number of anilines is 2. The third kappa shape index (κ3) is 4.63. The van der Waals surface area contributed by atoms with Crippen molar-refractivity contribution in [3.8, 4) is 17.3 Å². The van der Waals surface area contributed by atoms with Crippen molar-refractivity contribution in [2.75, 3.05) is 17.2 Å². The first-order valence-electron chi connectivity index (χ1n) is 10.6. The van der Waals surface area contributed by atoms with Gasteiger partial charge in [0.25, 0.3) is 10.0 Å². The van der Waals surface area contributed by atoms with Crippen molar-refractivity contribution in [1.29, 1.82) is 5.26 Å². The van der Waals surface area contributed by atoms with Crippen LogP contribution in [0.3, 0.4) is 0 Å². The van der Waals surface area contributed by atoms with Gasteiger partial charge in [-0.05, 0) is 61.0 Å². The number of nitrogens with one attached hydrogen (secondary N) is 2. The van der Waals surface area contributed by atoms with Gasteiger partial charge in [0.1, 0.15) is 10.7 Å². The maximum absolute atomic E-state index is 14.7. The molecule has 2 aromatic carbocycles. The van der Waals surface area contributed by atoms with E-state index in [-0.39, 0.29) is 22.7 Å². The Morgan fingerprint density at radius 3 is 2.59 bits per heavy atom. The standard InChI is InChI=1S/C25H22FN5O2S/c1-2-29-23-10-9-18(14-27)12-24(23)30-15-19-13-25(21-7-3-4-8-22(21)26)31(17-19)34(32,33)20-6-5-11-28-16-20/h3-13,16-17,29-30H,2,15H2,1H3. The van der Waals surface area contributed by atoms with E-state index in [1.165, 1.54) is 42.9 Å². The molecule has 0 spiro atoms. The Hall–Kier alpha value is -4.16. The Morgan fingerprint density at radius 2 is 1.88 bits per heavy atom. The Kier molecular flexibility index (Phi) is 6.61. The molecule has 172 valence electrons. The number of benzene rings is 2. The summed E-state index contributed by atoms with van der Waals surface area (Å²) < 4.78 is 42.5. The minimum Gasteiger partial charge on any atom is -0.384 e. The highest BCUT2D eigenvalue weighted by Crippen LogP contribution is 2.30. The molecule has 0 aliphatic carbocycles. The van der Waals surface area contributed by atoms with Gasteiger partial charge in [-0.2, -0.15) is 5.26 Å². The monoisotopic (exact) mass is 475 g/mol. The molecule has 0 atom stereocenters. The van der Waals surface area contributed by atoms with Crippen LogP contribution in [0, 0.1) is 17.1 Å². The van der Waals surface area contributed by atoms with Crippen LogP contribution in [0.2, 0.25) is 0 Å². The van der Waals surface area contributed by atoms with Crippen molar-refractivity contribution in [2.24, 2.45) is 0 Å². The summed E-state index contributed by atoms with van der Waals surface area (Å²) in [6.07, 6.45) is 4.21. The molecule has 0 amide bonds. The average molecular weight is 476 g/mol. The lowest BCUT2D eigenvalue weighted by Crippen LogP contribution is -2.14. The van der Waals surface area contributed by atoms with E-state index in [4.69, 9.17) is 0 Å². The van der Waals surface area contributed by atoms with Crippen LogP contribution in [0.1, 0.15) is 18.1 Å². The van der Waals surface area contributed by atoms with Crippen molar-refractivity contribution >= 4 is 21.4 Å². The van der Waals surface area contributed by atoms with Crippen molar-refractivity contribution in [2.45, 2.75) is 18.4 Å². The summed E-state index contributed by atoms with van der Waals surface area (Å²) in [7, 11) is -4.02. The summed E-state index contributed by atoms with van der Waals surface area (Å²) in [4.78, 5) is 3.91. The summed E-state index contributed by atoms with van der Waals surface area (Å²) in [5, 5.41) is 15.7. The van der Waals surface area contributed by atoms with Gasteiger partial charge in [-0.1, -0.05) is 12.1 Å². The molecule has 0 aliphatic rings.